The van der Waals surface area contributed by atoms with Crippen LogP contribution in [0.3, 0.4) is 0 Å². The molecule has 10 atom stereocenters. The number of ether oxygens (including phenoxy) is 5. The third kappa shape index (κ3) is 5.54. The molecule has 0 radical (unpaired) electrons. The summed E-state index contributed by atoms with van der Waals surface area (Å²) in [5.74, 6) is -0.525. The van der Waals surface area contributed by atoms with Gasteiger partial charge >= 0.3 is 5.69 Å². The zero-order chi connectivity index (χ0) is 26.7. The van der Waals surface area contributed by atoms with Gasteiger partial charge in [0.2, 0.25) is 12.0 Å². The SMILES string of the molecule is CO[C@H]1[C@H](O)[C@@H](O)[C@@H](O[C@H]2[C@H](O)[C@@H](O)[C@@H](Oc3ccc([N+](=O)[O-])cc3[N+](=O)[O-])O[C@@H]2CO)O[C@@H]1CO. The van der Waals surface area contributed by atoms with E-state index in [1.165, 1.54) is 7.11 Å². The molecule has 0 spiro atoms. The van der Waals surface area contributed by atoms with Crippen LogP contribution in [-0.2, 0) is 18.9 Å². The number of benzene rings is 1. The molecule has 202 valence electrons. The van der Waals surface area contributed by atoms with Gasteiger partial charge in [-0.25, -0.2) is 0 Å². The second kappa shape index (κ2) is 11.6. The molecule has 2 saturated heterocycles. The summed E-state index contributed by atoms with van der Waals surface area (Å²) in [6, 6.07) is 2.46. The average molecular weight is 522 g/mol. The lowest BCUT2D eigenvalue weighted by atomic mass is 9.97. The van der Waals surface area contributed by atoms with Gasteiger partial charge in [0.15, 0.2) is 6.29 Å². The molecule has 0 saturated carbocycles. The summed E-state index contributed by atoms with van der Waals surface area (Å²) in [4.78, 5) is 20.4. The van der Waals surface area contributed by atoms with Crippen LogP contribution in [0.5, 0.6) is 5.75 Å². The molecule has 0 bridgehead atoms. The molecule has 0 amide bonds. The number of nitro benzene ring substituents is 2. The first kappa shape index (κ1) is 28.0. The topological polar surface area (TPSA) is 254 Å². The van der Waals surface area contributed by atoms with Crippen molar-refractivity contribution < 1.29 is 64.2 Å². The van der Waals surface area contributed by atoms with Gasteiger partial charge in [-0.15, -0.1) is 0 Å². The zero-order valence-electron chi connectivity index (χ0n) is 18.7. The maximum Gasteiger partial charge on any atom is 0.317 e. The van der Waals surface area contributed by atoms with Crippen LogP contribution < -0.4 is 4.74 Å². The van der Waals surface area contributed by atoms with E-state index >= 15 is 0 Å². The van der Waals surface area contributed by atoms with Gasteiger partial charge < -0.3 is 54.3 Å². The van der Waals surface area contributed by atoms with Crippen molar-refractivity contribution in [2.24, 2.45) is 0 Å². The summed E-state index contributed by atoms with van der Waals surface area (Å²) in [7, 11) is 1.22. The van der Waals surface area contributed by atoms with E-state index in [0.29, 0.717) is 6.07 Å². The first-order valence-corrected chi connectivity index (χ1v) is 10.6. The highest BCUT2D eigenvalue weighted by Gasteiger charge is 2.51. The van der Waals surface area contributed by atoms with E-state index in [9.17, 15) is 50.9 Å². The third-order valence-electron chi connectivity index (χ3n) is 5.80. The van der Waals surface area contributed by atoms with E-state index in [4.69, 9.17) is 23.7 Å². The van der Waals surface area contributed by atoms with Crippen LogP contribution in [0, 0.1) is 20.2 Å². The number of aliphatic hydroxyl groups is 6. The Bertz CT molecular complexity index is 930. The first-order chi connectivity index (χ1) is 17.0. The minimum atomic E-state index is -1.93. The summed E-state index contributed by atoms with van der Waals surface area (Å²) in [5, 5.41) is 83.3. The molecule has 2 heterocycles. The van der Waals surface area contributed by atoms with E-state index < -0.39 is 102 Å². The summed E-state index contributed by atoms with van der Waals surface area (Å²) in [6.45, 7) is -1.45. The van der Waals surface area contributed by atoms with Crippen molar-refractivity contribution in [3.8, 4) is 5.75 Å². The monoisotopic (exact) mass is 522 g/mol. The molecule has 6 N–H and O–H groups in total. The summed E-state index contributed by atoms with van der Waals surface area (Å²) >= 11 is 0. The molecule has 2 aliphatic rings. The minimum Gasteiger partial charge on any atom is -0.455 e. The first-order valence-electron chi connectivity index (χ1n) is 10.6. The quantitative estimate of drug-likeness (QED) is 0.141. The van der Waals surface area contributed by atoms with Gasteiger partial charge in [-0.05, 0) is 6.07 Å². The molecule has 2 fully saturated rings. The van der Waals surface area contributed by atoms with Gasteiger partial charge in [-0.3, -0.25) is 20.2 Å². The number of rotatable bonds is 9. The van der Waals surface area contributed by atoms with Gasteiger partial charge in [0.1, 0.15) is 48.8 Å². The summed E-state index contributed by atoms with van der Waals surface area (Å²) in [6.07, 6.45) is -15.8. The predicted octanol–water partition coefficient (Wildman–Crippen LogP) is -2.84. The number of nitrogens with zero attached hydrogens (tertiary/aromatic N) is 2. The second-order valence-electron chi connectivity index (χ2n) is 8.00. The lowest BCUT2D eigenvalue weighted by Crippen LogP contribution is -2.65. The number of non-ortho nitro benzene ring substituents is 1. The molecule has 0 aromatic heterocycles. The highest BCUT2D eigenvalue weighted by molar-refractivity contribution is 5.53. The third-order valence-corrected chi connectivity index (χ3v) is 5.80. The Morgan fingerprint density at radius 2 is 1.42 bits per heavy atom. The summed E-state index contributed by atoms with van der Waals surface area (Å²) < 4.78 is 26.6. The second-order valence-corrected chi connectivity index (χ2v) is 8.00. The van der Waals surface area contributed by atoms with Crippen LogP contribution in [0.2, 0.25) is 0 Å². The van der Waals surface area contributed by atoms with Crippen molar-refractivity contribution in [1.82, 2.24) is 0 Å². The predicted molar refractivity (Wildman–Crippen MR) is 112 cm³/mol. The fourth-order valence-electron chi connectivity index (χ4n) is 3.92. The van der Waals surface area contributed by atoms with Crippen LogP contribution in [0.25, 0.3) is 0 Å². The number of aliphatic hydroxyl groups excluding tert-OH is 6. The number of nitro groups is 2. The van der Waals surface area contributed by atoms with Crippen molar-refractivity contribution in [3.05, 3.63) is 38.4 Å². The minimum absolute atomic E-state index is 0.525. The fraction of sp³-hybridized carbons (Fsp3) is 0.684. The van der Waals surface area contributed by atoms with Gasteiger partial charge in [-0.1, -0.05) is 0 Å². The Morgan fingerprint density at radius 3 is 1.97 bits per heavy atom. The largest absolute Gasteiger partial charge is 0.455 e. The van der Waals surface area contributed by atoms with Crippen molar-refractivity contribution in [2.45, 2.75) is 61.4 Å². The molecule has 1 aromatic carbocycles. The van der Waals surface area contributed by atoms with Crippen molar-refractivity contribution in [1.29, 1.82) is 0 Å². The van der Waals surface area contributed by atoms with Gasteiger partial charge in [0.25, 0.3) is 5.69 Å². The number of hydrogen-bond donors (Lipinski definition) is 6. The Hall–Kier alpha value is -2.58. The Kier molecular flexibility index (Phi) is 9.06. The number of methoxy groups -OCH3 is 1. The molecule has 0 unspecified atom stereocenters. The summed E-state index contributed by atoms with van der Waals surface area (Å²) in [5.41, 5.74) is -1.41. The van der Waals surface area contributed by atoms with E-state index in [1.54, 1.807) is 0 Å². The van der Waals surface area contributed by atoms with Crippen LogP contribution in [0.1, 0.15) is 0 Å². The highest BCUT2D eigenvalue weighted by atomic mass is 16.7. The fourth-order valence-corrected chi connectivity index (χ4v) is 3.92. The van der Waals surface area contributed by atoms with Gasteiger partial charge in [0.05, 0.1) is 29.1 Å². The zero-order valence-corrected chi connectivity index (χ0v) is 18.7. The maximum absolute atomic E-state index is 11.3. The van der Waals surface area contributed by atoms with Crippen LogP contribution in [0.15, 0.2) is 18.2 Å². The molecular formula is C19H26N2O15. The maximum atomic E-state index is 11.3. The van der Waals surface area contributed by atoms with E-state index in [0.717, 1.165) is 12.1 Å². The Labute approximate surface area is 202 Å². The molecule has 17 heteroatoms. The molecule has 0 aliphatic carbocycles. The standard InChI is InChI=1S/C19H26N2O15/c1-32-16-10(5-22)34-19(14(26)12(16)24)36-17-11(6-23)35-18(15(27)13(17)25)33-9-3-2-7(20(28)29)4-8(9)21(30)31/h2-4,10-19,22-27H,5-6H2,1H3/t10-,11-,12-,13-,14-,15-,16-,17-,18+,19-/m1/s1. The van der Waals surface area contributed by atoms with Crippen LogP contribution in [-0.4, -0.2) is 122 Å². The molecule has 2 aliphatic heterocycles. The van der Waals surface area contributed by atoms with Gasteiger partial charge in [-0.2, -0.15) is 0 Å². The molecule has 36 heavy (non-hydrogen) atoms. The van der Waals surface area contributed by atoms with Crippen molar-refractivity contribution in [2.75, 3.05) is 20.3 Å². The average Bonchev–Trinajstić information content (AvgIpc) is 2.85. The Balaban J connectivity index is 1.78. The van der Waals surface area contributed by atoms with Crippen molar-refractivity contribution in [3.63, 3.8) is 0 Å². The highest BCUT2D eigenvalue weighted by Crippen LogP contribution is 2.35. The molecule has 17 nitrogen and oxygen atoms in total. The van der Waals surface area contributed by atoms with Crippen LogP contribution in [0.4, 0.5) is 11.4 Å². The van der Waals surface area contributed by atoms with E-state index in [2.05, 4.69) is 0 Å². The lowest BCUT2D eigenvalue weighted by Gasteiger charge is -2.46. The number of hydrogen-bond acceptors (Lipinski definition) is 15. The molecule has 1 aromatic rings. The lowest BCUT2D eigenvalue weighted by molar-refractivity contribution is -0.395. The van der Waals surface area contributed by atoms with E-state index in [1.807, 2.05) is 0 Å². The Morgan fingerprint density at radius 1 is 0.861 bits per heavy atom. The normalized spacial score (nSPS) is 36.9. The van der Waals surface area contributed by atoms with Gasteiger partial charge in [0, 0.05) is 13.2 Å². The smallest absolute Gasteiger partial charge is 0.317 e. The van der Waals surface area contributed by atoms with Crippen molar-refractivity contribution >= 4 is 11.4 Å². The van der Waals surface area contributed by atoms with E-state index in [-0.39, 0.29) is 0 Å². The van der Waals surface area contributed by atoms with Crippen LogP contribution >= 0.6 is 0 Å². The molecular weight excluding hydrogens is 496 g/mol. The molecule has 3 rings (SSSR count).